The number of aromatic nitrogens is 2. The van der Waals surface area contributed by atoms with E-state index in [1.54, 1.807) is 23.9 Å². The molecule has 4 nitrogen and oxygen atoms in total. The molecule has 0 aliphatic rings. The zero-order valence-electron chi connectivity index (χ0n) is 9.48. The maximum Gasteiger partial charge on any atom is 0.358 e. The highest BCUT2D eigenvalue weighted by atomic mass is 35.5. The third-order valence-corrected chi connectivity index (χ3v) is 2.75. The maximum absolute atomic E-state index is 11.4. The summed E-state index contributed by atoms with van der Waals surface area (Å²) in [6.07, 6.45) is 0. The van der Waals surface area contributed by atoms with Crippen molar-refractivity contribution in [3.8, 4) is 11.3 Å². The monoisotopic (exact) mass is 250 g/mol. The van der Waals surface area contributed by atoms with E-state index in [9.17, 15) is 4.79 Å². The van der Waals surface area contributed by atoms with Crippen molar-refractivity contribution in [2.45, 2.75) is 0 Å². The number of halogens is 1. The van der Waals surface area contributed by atoms with E-state index in [4.69, 9.17) is 11.6 Å². The van der Waals surface area contributed by atoms with Crippen LogP contribution in [0.25, 0.3) is 11.3 Å². The van der Waals surface area contributed by atoms with Gasteiger partial charge in [0.1, 0.15) is 0 Å². The number of esters is 1. The smallest absolute Gasteiger partial charge is 0.358 e. The fourth-order valence-corrected chi connectivity index (χ4v) is 1.83. The van der Waals surface area contributed by atoms with Crippen LogP contribution in [0.1, 0.15) is 10.5 Å². The van der Waals surface area contributed by atoms with E-state index in [1.807, 2.05) is 18.2 Å². The van der Waals surface area contributed by atoms with Gasteiger partial charge in [-0.3, -0.25) is 4.68 Å². The fourth-order valence-electron chi connectivity index (χ4n) is 1.59. The first kappa shape index (κ1) is 11.7. The Kier molecular flexibility index (Phi) is 3.15. The average Bonchev–Trinajstić information content (AvgIpc) is 2.71. The van der Waals surface area contributed by atoms with Gasteiger partial charge in [-0.25, -0.2) is 4.79 Å². The Bertz CT molecular complexity index is 563. The Hall–Kier alpha value is -1.81. The topological polar surface area (TPSA) is 44.1 Å². The number of ether oxygens (including phenoxy) is 1. The number of carbonyl (C=O) groups excluding carboxylic acids is 1. The van der Waals surface area contributed by atoms with Crippen LogP contribution in [0.4, 0.5) is 0 Å². The standard InChI is InChI=1S/C12H11ClN2O2/c1-15-11(7-10(14-15)12(16)17-2)8-5-3-4-6-9(8)13/h3-7H,1-2H3. The van der Waals surface area contributed by atoms with Crippen molar-refractivity contribution in [3.63, 3.8) is 0 Å². The highest BCUT2D eigenvalue weighted by Crippen LogP contribution is 2.27. The SMILES string of the molecule is COC(=O)c1cc(-c2ccccc2Cl)n(C)n1. The fraction of sp³-hybridized carbons (Fsp3) is 0.167. The Balaban J connectivity index is 2.50. The average molecular weight is 251 g/mol. The van der Waals surface area contributed by atoms with Crippen LogP contribution in [-0.4, -0.2) is 22.9 Å². The molecule has 2 rings (SSSR count). The number of hydrogen-bond donors (Lipinski definition) is 0. The third kappa shape index (κ3) is 2.17. The molecule has 0 N–H and O–H groups in total. The summed E-state index contributed by atoms with van der Waals surface area (Å²) in [6, 6.07) is 9.06. The first-order valence-electron chi connectivity index (χ1n) is 5.00. The minimum Gasteiger partial charge on any atom is -0.464 e. The maximum atomic E-state index is 11.4. The van der Waals surface area contributed by atoms with Crippen LogP contribution in [0, 0.1) is 0 Å². The minimum absolute atomic E-state index is 0.268. The summed E-state index contributed by atoms with van der Waals surface area (Å²) < 4.78 is 6.23. The van der Waals surface area contributed by atoms with Crippen molar-refractivity contribution in [2.24, 2.45) is 7.05 Å². The van der Waals surface area contributed by atoms with Gasteiger partial charge < -0.3 is 4.74 Å². The molecule has 17 heavy (non-hydrogen) atoms. The number of nitrogens with zero attached hydrogens (tertiary/aromatic N) is 2. The Morgan fingerprint density at radius 1 is 1.41 bits per heavy atom. The van der Waals surface area contributed by atoms with Crippen LogP contribution in [0.5, 0.6) is 0 Å². The molecule has 0 unspecified atom stereocenters. The van der Waals surface area contributed by atoms with Gasteiger partial charge in [0.05, 0.1) is 12.8 Å². The summed E-state index contributed by atoms with van der Waals surface area (Å²) in [4.78, 5) is 11.4. The van der Waals surface area contributed by atoms with E-state index in [0.717, 1.165) is 11.3 Å². The van der Waals surface area contributed by atoms with Crippen LogP contribution >= 0.6 is 11.6 Å². The van der Waals surface area contributed by atoms with Crippen LogP contribution in [0.3, 0.4) is 0 Å². The second kappa shape index (κ2) is 4.59. The lowest BCUT2D eigenvalue weighted by molar-refractivity contribution is 0.0593. The highest BCUT2D eigenvalue weighted by Gasteiger charge is 2.15. The number of aryl methyl sites for hydroxylation is 1. The highest BCUT2D eigenvalue weighted by molar-refractivity contribution is 6.33. The summed E-state index contributed by atoms with van der Waals surface area (Å²) in [6.45, 7) is 0. The molecule has 2 aromatic rings. The molecule has 0 spiro atoms. The first-order chi connectivity index (χ1) is 8.13. The van der Waals surface area contributed by atoms with Crippen molar-refractivity contribution in [2.75, 3.05) is 7.11 Å². The van der Waals surface area contributed by atoms with E-state index < -0.39 is 5.97 Å². The van der Waals surface area contributed by atoms with Crippen molar-refractivity contribution in [1.82, 2.24) is 9.78 Å². The molecule has 0 bridgehead atoms. The Morgan fingerprint density at radius 2 is 2.12 bits per heavy atom. The van der Waals surface area contributed by atoms with Crippen LogP contribution in [-0.2, 0) is 11.8 Å². The minimum atomic E-state index is -0.459. The van der Waals surface area contributed by atoms with E-state index in [1.165, 1.54) is 7.11 Å². The molecule has 88 valence electrons. The predicted molar refractivity (Wildman–Crippen MR) is 65.0 cm³/mol. The van der Waals surface area contributed by atoms with Crippen LogP contribution in [0.2, 0.25) is 5.02 Å². The van der Waals surface area contributed by atoms with Crippen LogP contribution < -0.4 is 0 Å². The lowest BCUT2D eigenvalue weighted by Gasteiger charge is -2.03. The molecule has 0 aliphatic heterocycles. The van der Waals surface area contributed by atoms with Crippen molar-refractivity contribution in [1.29, 1.82) is 0 Å². The summed E-state index contributed by atoms with van der Waals surface area (Å²) in [7, 11) is 3.08. The summed E-state index contributed by atoms with van der Waals surface area (Å²) in [5.41, 5.74) is 1.88. The largest absolute Gasteiger partial charge is 0.464 e. The zero-order chi connectivity index (χ0) is 12.4. The lowest BCUT2D eigenvalue weighted by atomic mass is 10.1. The quantitative estimate of drug-likeness (QED) is 0.770. The molecule has 0 amide bonds. The van der Waals surface area contributed by atoms with Gasteiger partial charge in [-0.1, -0.05) is 29.8 Å². The Morgan fingerprint density at radius 3 is 2.76 bits per heavy atom. The number of carbonyl (C=O) groups is 1. The van der Waals surface area contributed by atoms with E-state index in [-0.39, 0.29) is 5.69 Å². The second-order valence-corrected chi connectivity index (χ2v) is 3.92. The van der Waals surface area contributed by atoms with E-state index in [0.29, 0.717) is 5.02 Å². The van der Waals surface area contributed by atoms with Gasteiger partial charge in [-0.2, -0.15) is 5.10 Å². The molecule has 0 atom stereocenters. The van der Waals surface area contributed by atoms with Gasteiger partial charge in [0.15, 0.2) is 5.69 Å². The number of hydrogen-bond acceptors (Lipinski definition) is 3. The van der Waals surface area contributed by atoms with Gasteiger partial charge in [-0.05, 0) is 12.1 Å². The second-order valence-electron chi connectivity index (χ2n) is 3.51. The van der Waals surface area contributed by atoms with Gasteiger partial charge in [0.2, 0.25) is 0 Å². The molecule has 0 saturated carbocycles. The van der Waals surface area contributed by atoms with Gasteiger partial charge in [0, 0.05) is 17.6 Å². The third-order valence-electron chi connectivity index (χ3n) is 2.42. The molecule has 0 radical (unpaired) electrons. The predicted octanol–water partition coefficient (Wildman–Crippen LogP) is 2.53. The first-order valence-corrected chi connectivity index (χ1v) is 5.38. The van der Waals surface area contributed by atoms with Gasteiger partial charge in [0.25, 0.3) is 0 Å². The normalized spacial score (nSPS) is 10.3. The van der Waals surface area contributed by atoms with Crippen molar-refractivity contribution >= 4 is 17.6 Å². The van der Waals surface area contributed by atoms with Crippen molar-refractivity contribution < 1.29 is 9.53 Å². The summed E-state index contributed by atoms with van der Waals surface area (Å²) in [5, 5.41) is 4.70. The lowest BCUT2D eigenvalue weighted by Crippen LogP contribution is -2.02. The molecule has 5 heteroatoms. The molecular formula is C12H11ClN2O2. The molecule has 0 aliphatic carbocycles. The summed E-state index contributed by atoms with van der Waals surface area (Å²) >= 11 is 6.10. The molecular weight excluding hydrogens is 240 g/mol. The summed E-state index contributed by atoms with van der Waals surface area (Å²) in [5.74, 6) is -0.459. The van der Waals surface area contributed by atoms with Crippen LogP contribution in [0.15, 0.2) is 30.3 Å². The Labute approximate surface area is 104 Å². The number of methoxy groups -OCH3 is 1. The van der Waals surface area contributed by atoms with E-state index in [2.05, 4.69) is 9.84 Å². The van der Waals surface area contributed by atoms with Crippen molar-refractivity contribution in [3.05, 3.63) is 41.0 Å². The van der Waals surface area contributed by atoms with Gasteiger partial charge in [-0.15, -0.1) is 0 Å². The van der Waals surface area contributed by atoms with Gasteiger partial charge >= 0.3 is 5.97 Å². The zero-order valence-corrected chi connectivity index (χ0v) is 10.2. The molecule has 1 heterocycles. The molecule has 0 fully saturated rings. The molecule has 0 saturated heterocycles. The van der Waals surface area contributed by atoms with E-state index >= 15 is 0 Å². The number of benzene rings is 1. The molecule has 1 aromatic heterocycles. The molecule has 1 aromatic carbocycles. The number of rotatable bonds is 2.